The number of ether oxygens (including phenoxy) is 1. The molecule has 1 fully saturated rings. The smallest absolute Gasteiger partial charge is 0.253 e. The molecule has 2 aromatic rings. The van der Waals surface area contributed by atoms with E-state index in [2.05, 4.69) is 4.98 Å². The van der Waals surface area contributed by atoms with Crippen molar-refractivity contribution in [3.05, 3.63) is 47.0 Å². The number of amides is 1. The maximum Gasteiger partial charge on any atom is 0.253 e. The molecule has 1 aliphatic heterocycles. The Kier molecular flexibility index (Phi) is 4.57. The Morgan fingerprint density at radius 1 is 1.43 bits per heavy atom. The summed E-state index contributed by atoms with van der Waals surface area (Å²) in [4.78, 5) is 19.1. The monoisotopic (exact) mass is 333 g/mol. The predicted molar refractivity (Wildman–Crippen MR) is 89.1 cm³/mol. The van der Waals surface area contributed by atoms with Crippen LogP contribution >= 0.6 is 11.6 Å². The number of imidazole rings is 1. The molecule has 0 radical (unpaired) electrons. The number of carbonyl (C=O) groups is 1. The van der Waals surface area contributed by atoms with Crippen LogP contribution in [0.4, 0.5) is 0 Å². The van der Waals surface area contributed by atoms with Crippen LogP contribution in [-0.2, 0) is 7.05 Å². The number of piperidine rings is 1. The number of nitrogens with zero attached hydrogens (tertiary/aromatic N) is 3. The van der Waals surface area contributed by atoms with Crippen LogP contribution in [0.2, 0.25) is 5.02 Å². The SMILES string of the molecule is COc1ccc(C(=O)N2CCCC(c3nccn3C)C2)cc1Cl. The molecule has 0 spiro atoms. The van der Waals surface area contributed by atoms with Crippen molar-refractivity contribution in [1.29, 1.82) is 0 Å². The molecule has 1 aromatic heterocycles. The van der Waals surface area contributed by atoms with Crippen LogP contribution in [0.5, 0.6) is 5.75 Å². The maximum atomic E-state index is 12.8. The van der Waals surface area contributed by atoms with Gasteiger partial charge < -0.3 is 14.2 Å². The molecule has 1 aromatic carbocycles. The first kappa shape index (κ1) is 15.9. The van der Waals surface area contributed by atoms with E-state index in [1.54, 1.807) is 31.5 Å². The topological polar surface area (TPSA) is 47.4 Å². The average molecular weight is 334 g/mol. The number of aryl methyl sites for hydroxylation is 1. The number of likely N-dealkylation sites (tertiary alicyclic amines) is 1. The number of hydrogen-bond acceptors (Lipinski definition) is 3. The molecular weight excluding hydrogens is 314 g/mol. The van der Waals surface area contributed by atoms with E-state index in [-0.39, 0.29) is 11.8 Å². The largest absolute Gasteiger partial charge is 0.495 e. The van der Waals surface area contributed by atoms with E-state index < -0.39 is 0 Å². The predicted octanol–water partition coefficient (Wildman–Crippen LogP) is 3.10. The Labute approximate surface area is 140 Å². The molecule has 5 nitrogen and oxygen atoms in total. The van der Waals surface area contributed by atoms with Gasteiger partial charge in [-0.25, -0.2) is 4.98 Å². The van der Waals surface area contributed by atoms with Crippen LogP contribution < -0.4 is 4.74 Å². The zero-order chi connectivity index (χ0) is 16.4. The summed E-state index contributed by atoms with van der Waals surface area (Å²) in [6, 6.07) is 5.17. The number of rotatable bonds is 3. The van der Waals surface area contributed by atoms with Crippen LogP contribution in [0.3, 0.4) is 0 Å². The van der Waals surface area contributed by atoms with Crippen molar-refractivity contribution in [2.45, 2.75) is 18.8 Å². The van der Waals surface area contributed by atoms with Crippen LogP contribution in [0.1, 0.15) is 34.9 Å². The fourth-order valence-corrected chi connectivity index (χ4v) is 3.38. The highest BCUT2D eigenvalue weighted by Crippen LogP contribution is 2.29. The minimum absolute atomic E-state index is 0.00784. The van der Waals surface area contributed by atoms with E-state index in [9.17, 15) is 4.79 Å². The van der Waals surface area contributed by atoms with Gasteiger partial charge in [0.1, 0.15) is 11.6 Å². The molecule has 1 unspecified atom stereocenters. The molecule has 2 heterocycles. The molecule has 0 saturated carbocycles. The number of aromatic nitrogens is 2. The van der Waals surface area contributed by atoms with Gasteiger partial charge in [0.2, 0.25) is 0 Å². The molecule has 0 bridgehead atoms. The van der Waals surface area contributed by atoms with Gasteiger partial charge in [0, 0.05) is 44.0 Å². The first-order valence-electron chi connectivity index (χ1n) is 7.70. The third kappa shape index (κ3) is 3.20. The lowest BCUT2D eigenvalue weighted by atomic mass is 9.96. The Hall–Kier alpha value is -2.01. The third-order valence-corrected chi connectivity index (χ3v) is 4.63. The summed E-state index contributed by atoms with van der Waals surface area (Å²) in [5.74, 6) is 1.90. The van der Waals surface area contributed by atoms with Gasteiger partial charge in [-0.1, -0.05) is 11.6 Å². The van der Waals surface area contributed by atoms with Crippen LogP contribution in [0.15, 0.2) is 30.6 Å². The molecule has 1 atom stereocenters. The molecule has 1 amide bonds. The lowest BCUT2D eigenvalue weighted by Crippen LogP contribution is -2.39. The summed E-state index contributed by atoms with van der Waals surface area (Å²) in [6.07, 6.45) is 5.78. The molecule has 0 N–H and O–H groups in total. The minimum Gasteiger partial charge on any atom is -0.495 e. The number of methoxy groups -OCH3 is 1. The van der Waals surface area contributed by atoms with Crippen molar-refractivity contribution >= 4 is 17.5 Å². The van der Waals surface area contributed by atoms with Gasteiger partial charge in [-0.05, 0) is 31.0 Å². The second-order valence-electron chi connectivity index (χ2n) is 5.84. The second-order valence-corrected chi connectivity index (χ2v) is 6.24. The lowest BCUT2D eigenvalue weighted by Gasteiger charge is -2.32. The van der Waals surface area contributed by atoms with Gasteiger partial charge in [0.25, 0.3) is 5.91 Å². The maximum absolute atomic E-state index is 12.8. The summed E-state index contributed by atoms with van der Waals surface area (Å²) in [7, 11) is 3.55. The highest BCUT2D eigenvalue weighted by molar-refractivity contribution is 6.32. The van der Waals surface area contributed by atoms with Crippen molar-refractivity contribution < 1.29 is 9.53 Å². The lowest BCUT2D eigenvalue weighted by molar-refractivity contribution is 0.0703. The van der Waals surface area contributed by atoms with Crippen LogP contribution in [-0.4, -0.2) is 40.6 Å². The average Bonchev–Trinajstić information content (AvgIpc) is 3.00. The number of benzene rings is 1. The first-order chi connectivity index (χ1) is 11.1. The highest BCUT2D eigenvalue weighted by Gasteiger charge is 2.27. The molecule has 3 rings (SSSR count). The summed E-state index contributed by atoms with van der Waals surface area (Å²) < 4.78 is 7.17. The Morgan fingerprint density at radius 2 is 2.26 bits per heavy atom. The van der Waals surface area contributed by atoms with Crippen molar-refractivity contribution in [2.24, 2.45) is 7.05 Å². The van der Waals surface area contributed by atoms with E-state index in [4.69, 9.17) is 16.3 Å². The Balaban J connectivity index is 1.77. The van der Waals surface area contributed by atoms with Gasteiger partial charge in [-0.3, -0.25) is 4.79 Å². The summed E-state index contributed by atoms with van der Waals surface area (Å²) in [5.41, 5.74) is 0.594. The summed E-state index contributed by atoms with van der Waals surface area (Å²) in [5, 5.41) is 0.455. The Morgan fingerprint density at radius 3 is 2.91 bits per heavy atom. The molecular formula is C17H20ClN3O2. The second kappa shape index (κ2) is 6.62. The van der Waals surface area contributed by atoms with Crippen molar-refractivity contribution in [3.63, 3.8) is 0 Å². The van der Waals surface area contributed by atoms with E-state index in [0.29, 0.717) is 22.9 Å². The van der Waals surface area contributed by atoms with Crippen molar-refractivity contribution in [3.8, 4) is 5.75 Å². The van der Waals surface area contributed by atoms with E-state index in [1.807, 2.05) is 22.7 Å². The van der Waals surface area contributed by atoms with Crippen LogP contribution in [0.25, 0.3) is 0 Å². The van der Waals surface area contributed by atoms with E-state index in [1.165, 1.54) is 0 Å². The van der Waals surface area contributed by atoms with Gasteiger partial charge in [-0.2, -0.15) is 0 Å². The first-order valence-corrected chi connectivity index (χ1v) is 8.08. The quantitative estimate of drug-likeness (QED) is 0.867. The molecule has 122 valence electrons. The van der Waals surface area contributed by atoms with Gasteiger partial charge in [0.05, 0.1) is 12.1 Å². The zero-order valence-corrected chi connectivity index (χ0v) is 14.1. The normalized spacial score (nSPS) is 18.0. The van der Waals surface area contributed by atoms with Crippen LogP contribution in [0, 0.1) is 0 Å². The van der Waals surface area contributed by atoms with E-state index >= 15 is 0 Å². The standard InChI is InChI=1S/C17H20ClN3O2/c1-20-9-7-19-16(20)13-4-3-8-21(11-13)17(22)12-5-6-15(23-2)14(18)10-12/h5-7,9-10,13H,3-4,8,11H2,1-2H3. The fraction of sp³-hybridized carbons (Fsp3) is 0.412. The number of halogens is 1. The van der Waals surface area contributed by atoms with Gasteiger partial charge >= 0.3 is 0 Å². The van der Waals surface area contributed by atoms with E-state index in [0.717, 1.165) is 25.2 Å². The fourth-order valence-electron chi connectivity index (χ4n) is 3.12. The highest BCUT2D eigenvalue weighted by atomic mass is 35.5. The molecule has 1 saturated heterocycles. The van der Waals surface area contributed by atoms with Gasteiger partial charge in [-0.15, -0.1) is 0 Å². The van der Waals surface area contributed by atoms with Crippen molar-refractivity contribution in [2.75, 3.05) is 20.2 Å². The number of hydrogen-bond donors (Lipinski definition) is 0. The third-order valence-electron chi connectivity index (χ3n) is 4.33. The Bertz CT molecular complexity index is 714. The molecule has 23 heavy (non-hydrogen) atoms. The van der Waals surface area contributed by atoms with Gasteiger partial charge in [0.15, 0.2) is 0 Å². The summed E-state index contributed by atoms with van der Waals surface area (Å²) in [6.45, 7) is 1.46. The molecule has 0 aliphatic carbocycles. The zero-order valence-electron chi connectivity index (χ0n) is 13.3. The van der Waals surface area contributed by atoms with Crippen molar-refractivity contribution in [1.82, 2.24) is 14.5 Å². The number of carbonyl (C=O) groups excluding carboxylic acids is 1. The minimum atomic E-state index is 0.00784. The molecule has 1 aliphatic rings. The summed E-state index contributed by atoms with van der Waals surface area (Å²) >= 11 is 6.13. The molecule has 6 heteroatoms.